The van der Waals surface area contributed by atoms with E-state index in [1.54, 1.807) is 13.8 Å². The van der Waals surface area contributed by atoms with E-state index in [4.69, 9.17) is 0 Å². The van der Waals surface area contributed by atoms with Crippen molar-refractivity contribution in [2.75, 3.05) is 6.54 Å². The van der Waals surface area contributed by atoms with Crippen LogP contribution in [0.1, 0.15) is 44.2 Å². The summed E-state index contributed by atoms with van der Waals surface area (Å²) in [6.45, 7) is 6.87. The highest BCUT2D eigenvalue weighted by molar-refractivity contribution is 5.93. The molecule has 0 aliphatic rings. The van der Waals surface area contributed by atoms with Crippen LogP contribution in [0, 0.1) is 10.1 Å². The van der Waals surface area contributed by atoms with Gasteiger partial charge in [-0.25, -0.2) is 0 Å². The van der Waals surface area contributed by atoms with Crippen LogP contribution < -0.4 is 5.32 Å². The Morgan fingerprint density at radius 1 is 1.58 bits per heavy atom. The summed E-state index contributed by atoms with van der Waals surface area (Å²) in [6.07, 6.45) is 1.34. The molecule has 0 radical (unpaired) electrons. The van der Waals surface area contributed by atoms with Crippen LogP contribution in [0.25, 0.3) is 0 Å². The van der Waals surface area contributed by atoms with Crippen molar-refractivity contribution < 1.29 is 14.8 Å². The van der Waals surface area contributed by atoms with Crippen LogP contribution in [0.5, 0.6) is 0 Å². The van der Waals surface area contributed by atoms with Gasteiger partial charge in [0, 0.05) is 18.7 Å². The standard InChI is InChI=1S/C12H19N3O4/c1-8(2)14-6-9(15(18)19)5-10(14)11(16)13-7-12(3,4)17/h5-6,8,17H,7H2,1-4H3,(H,13,16). The molecule has 0 saturated carbocycles. The molecule has 0 atom stereocenters. The fraction of sp³-hybridized carbons (Fsp3) is 0.583. The van der Waals surface area contributed by atoms with Gasteiger partial charge < -0.3 is 15.0 Å². The number of amides is 1. The van der Waals surface area contributed by atoms with Crippen molar-refractivity contribution in [2.24, 2.45) is 0 Å². The van der Waals surface area contributed by atoms with Crippen LogP contribution in [0.2, 0.25) is 0 Å². The van der Waals surface area contributed by atoms with Gasteiger partial charge in [0.15, 0.2) is 0 Å². The summed E-state index contributed by atoms with van der Waals surface area (Å²) in [4.78, 5) is 22.2. The maximum absolute atomic E-state index is 12.0. The second-order valence-corrected chi connectivity index (χ2v) is 5.34. The molecule has 0 aromatic carbocycles. The lowest BCUT2D eigenvalue weighted by Gasteiger charge is -2.18. The van der Waals surface area contributed by atoms with Gasteiger partial charge in [-0.1, -0.05) is 0 Å². The van der Waals surface area contributed by atoms with Crippen molar-refractivity contribution in [3.63, 3.8) is 0 Å². The first kappa shape index (κ1) is 15.2. The van der Waals surface area contributed by atoms with Crippen molar-refractivity contribution in [3.8, 4) is 0 Å². The van der Waals surface area contributed by atoms with Crippen LogP contribution >= 0.6 is 0 Å². The summed E-state index contributed by atoms with van der Waals surface area (Å²) in [5.41, 5.74) is -0.940. The van der Waals surface area contributed by atoms with Crippen molar-refractivity contribution in [1.82, 2.24) is 9.88 Å². The van der Waals surface area contributed by atoms with Gasteiger partial charge in [-0.15, -0.1) is 0 Å². The highest BCUT2D eigenvalue weighted by Gasteiger charge is 2.22. The van der Waals surface area contributed by atoms with Gasteiger partial charge in [0.1, 0.15) is 5.69 Å². The fourth-order valence-corrected chi connectivity index (χ4v) is 1.56. The molecule has 0 aliphatic heterocycles. The fourth-order valence-electron chi connectivity index (χ4n) is 1.56. The highest BCUT2D eigenvalue weighted by atomic mass is 16.6. The monoisotopic (exact) mass is 269 g/mol. The molecule has 19 heavy (non-hydrogen) atoms. The van der Waals surface area contributed by atoms with Gasteiger partial charge >= 0.3 is 0 Å². The van der Waals surface area contributed by atoms with Gasteiger partial charge in [0.2, 0.25) is 0 Å². The first-order valence-electron chi connectivity index (χ1n) is 5.98. The molecular formula is C12H19N3O4. The third kappa shape index (κ3) is 4.06. The summed E-state index contributed by atoms with van der Waals surface area (Å²) in [5, 5.41) is 22.9. The van der Waals surface area contributed by atoms with Crippen molar-refractivity contribution in [1.29, 1.82) is 0 Å². The molecule has 7 nitrogen and oxygen atoms in total. The Morgan fingerprint density at radius 3 is 2.58 bits per heavy atom. The Balaban J connectivity index is 2.98. The van der Waals surface area contributed by atoms with E-state index < -0.39 is 16.4 Å². The van der Waals surface area contributed by atoms with Gasteiger partial charge in [-0.3, -0.25) is 14.9 Å². The zero-order valence-corrected chi connectivity index (χ0v) is 11.5. The van der Waals surface area contributed by atoms with E-state index >= 15 is 0 Å². The van der Waals surface area contributed by atoms with Gasteiger partial charge in [-0.05, 0) is 27.7 Å². The quantitative estimate of drug-likeness (QED) is 0.625. The first-order valence-corrected chi connectivity index (χ1v) is 5.98. The second-order valence-electron chi connectivity index (χ2n) is 5.34. The summed E-state index contributed by atoms with van der Waals surface area (Å²) in [5.74, 6) is -0.441. The Kier molecular flexibility index (Phi) is 4.31. The molecule has 7 heteroatoms. The van der Waals surface area contributed by atoms with Crippen molar-refractivity contribution in [2.45, 2.75) is 39.3 Å². The first-order chi connectivity index (χ1) is 8.61. The Hall–Kier alpha value is -1.89. The van der Waals surface area contributed by atoms with Crippen LogP contribution in [0.4, 0.5) is 5.69 Å². The number of hydrogen-bond donors (Lipinski definition) is 2. The van der Waals surface area contributed by atoms with Gasteiger partial charge in [-0.2, -0.15) is 0 Å². The second kappa shape index (κ2) is 5.40. The summed E-state index contributed by atoms with van der Waals surface area (Å²) in [7, 11) is 0. The molecule has 106 valence electrons. The number of rotatable bonds is 5. The normalized spacial score (nSPS) is 11.7. The SMILES string of the molecule is CC(C)n1cc([N+](=O)[O-])cc1C(=O)NCC(C)(C)O. The number of nitrogens with zero attached hydrogens (tertiary/aromatic N) is 2. The lowest BCUT2D eigenvalue weighted by Crippen LogP contribution is -2.38. The van der Waals surface area contributed by atoms with Crippen LogP contribution in [0.15, 0.2) is 12.3 Å². The van der Waals surface area contributed by atoms with E-state index in [0.29, 0.717) is 0 Å². The number of carbonyl (C=O) groups excluding carboxylic acids is 1. The molecule has 0 spiro atoms. The number of nitro groups is 1. The molecule has 1 aromatic rings. The average molecular weight is 269 g/mol. The lowest BCUT2D eigenvalue weighted by atomic mass is 10.1. The van der Waals surface area contributed by atoms with Crippen LogP contribution in [-0.2, 0) is 0 Å². The number of aromatic nitrogens is 1. The smallest absolute Gasteiger partial charge is 0.287 e. The number of hydrogen-bond acceptors (Lipinski definition) is 4. The maximum atomic E-state index is 12.0. The molecule has 1 rings (SSSR count). The number of carbonyl (C=O) groups is 1. The maximum Gasteiger partial charge on any atom is 0.287 e. The van der Waals surface area contributed by atoms with E-state index in [9.17, 15) is 20.0 Å². The minimum atomic E-state index is -1.03. The lowest BCUT2D eigenvalue weighted by molar-refractivity contribution is -0.384. The number of aliphatic hydroxyl groups is 1. The van der Waals surface area contributed by atoms with E-state index in [0.717, 1.165) is 0 Å². The predicted molar refractivity (Wildman–Crippen MR) is 70.1 cm³/mol. The van der Waals surface area contributed by atoms with Crippen LogP contribution in [-0.4, -0.2) is 32.6 Å². The Morgan fingerprint density at radius 2 is 2.16 bits per heavy atom. The Bertz CT molecular complexity index is 486. The van der Waals surface area contributed by atoms with Crippen molar-refractivity contribution in [3.05, 3.63) is 28.1 Å². The molecule has 0 aliphatic carbocycles. The van der Waals surface area contributed by atoms with E-state index in [1.807, 2.05) is 13.8 Å². The third-order valence-corrected chi connectivity index (χ3v) is 2.52. The molecule has 0 fully saturated rings. The molecule has 1 amide bonds. The zero-order valence-electron chi connectivity index (χ0n) is 11.5. The topological polar surface area (TPSA) is 97.4 Å². The van der Waals surface area contributed by atoms with Crippen LogP contribution in [0.3, 0.4) is 0 Å². The summed E-state index contributed by atoms with van der Waals surface area (Å²) >= 11 is 0. The van der Waals surface area contributed by atoms with E-state index in [1.165, 1.54) is 16.8 Å². The largest absolute Gasteiger partial charge is 0.389 e. The molecule has 2 N–H and O–H groups in total. The molecule has 0 bridgehead atoms. The molecule has 0 unspecified atom stereocenters. The van der Waals surface area contributed by atoms with E-state index in [2.05, 4.69) is 5.32 Å². The molecule has 1 heterocycles. The minimum Gasteiger partial charge on any atom is -0.389 e. The average Bonchev–Trinajstić information content (AvgIpc) is 2.69. The molecule has 1 aromatic heterocycles. The Labute approximate surface area is 111 Å². The summed E-state index contributed by atoms with van der Waals surface area (Å²) < 4.78 is 1.54. The van der Waals surface area contributed by atoms with Gasteiger partial charge in [0.05, 0.1) is 16.7 Å². The van der Waals surface area contributed by atoms with Crippen molar-refractivity contribution >= 4 is 11.6 Å². The van der Waals surface area contributed by atoms with Gasteiger partial charge in [0.25, 0.3) is 11.6 Å². The zero-order chi connectivity index (χ0) is 14.8. The third-order valence-electron chi connectivity index (χ3n) is 2.52. The summed E-state index contributed by atoms with van der Waals surface area (Å²) in [6, 6.07) is 1.16. The molecule has 0 saturated heterocycles. The van der Waals surface area contributed by atoms with E-state index in [-0.39, 0.29) is 24.0 Å². The number of nitrogens with one attached hydrogen (secondary N) is 1. The highest BCUT2D eigenvalue weighted by Crippen LogP contribution is 2.20. The predicted octanol–water partition coefficient (Wildman–Crippen LogP) is 1.48. The minimum absolute atomic E-state index is 0.0723. The molecular weight excluding hydrogens is 250 g/mol.